The number of urea groups is 1. The molecule has 1 aromatic rings. The Labute approximate surface area is 141 Å². The van der Waals surface area contributed by atoms with Crippen molar-refractivity contribution in [3.8, 4) is 0 Å². The molecule has 3 amide bonds. The van der Waals surface area contributed by atoms with Crippen LogP contribution in [0, 0.1) is 0 Å². The van der Waals surface area contributed by atoms with Gasteiger partial charge in [0.1, 0.15) is 6.04 Å². The van der Waals surface area contributed by atoms with E-state index >= 15 is 0 Å². The van der Waals surface area contributed by atoms with E-state index in [4.69, 9.17) is 4.74 Å². The van der Waals surface area contributed by atoms with Crippen LogP contribution in [-0.2, 0) is 16.6 Å². The van der Waals surface area contributed by atoms with Gasteiger partial charge in [-0.05, 0) is 32.1 Å². The van der Waals surface area contributed by atoms with Crippen LogP contribution in [0.3, 0.4) is 0 Å². The van der Waals surface area contributed by atoms with E-state index in [1.54, 1.807) is 22.9 Å². The lowest BCUT2D eigenvalue weighted by Gasteiger charge is -2.31. The maximum absolute atomic E-state index is 12.6. The second kappa shape index (κ2) is 7.21. The number of amides is 3. The number of nitrogens with zero attached hydrogens (tertiary/aromatic N) is 3. The predicted molar refractivity (Wildman–Crippen MR) is 88.7 cm³/mol. The van der Waals surface area contributed by atoms with Crippen LogP contribution >= 0.6 is 0 Å². The first-order chi connectivity index (χ1) is 11.6. The molecule has 0 spiro atoms. The van der Waals surface area contributed by atoms with Crippen molar-refractivity contribution in [1.29, 1.82) is 0 Å². The van der Waals surface area contributed by atoms with Gasteiger partial charge in [0, 0.05) is 33.0 Å². The molecule has 0 aromatic carbocycles. The van der Waals surface area contributed by atoms with Gasteiger partial charge >= 0.3 is 6.03 Å². The monoisotopic (exact) mass is 335 g/mol. The molecule has 8 nitrogen and oxygen atoms in total. The van der Waals surface area contributed by atoms with Crippen LogP contribution in [0.2, 0.25) is 0 Å². The van der Waals surface area contributed by atoms with E-state index in [1.165, 1.54) is 0 Å². The van der Waals surface area contributed by atoms with Crippen molar-refractivity contribution in [3.63, 3.8) is 0 Å². The molecule has 0 unspecified atom stereocenters. The van der Waals surface area contributed by atoms with Gasteiger partial charge in [0.05, 0.1) is 12.1 Å². The number of nitrogens with one attached hydrogen (secondary N) is 2. The van der Waals surface area contributed by atoms with Gasteiger partial charge in [-0.15, -0.1) is 0 Å². The van der Waals surface area contributed by atoms with Gasteiger partial charge in [0.15, 0.2) is 5.82 Å². The van der Waals surface area contributed by atoms with E-state index in [1.807, 2.05) is 13.1 Å². The van der Waals surface area contributed by atoms with Gasteiger partial charge in [-0.3, -0.25) is 14.4 Å². The lowest BCUT2D eigenvalue weighted by atomic mass is 10.0. The number of ether oxygens (including phenoxy) is 1. The Morgan fingerprint density at radius 3 is 2.83 bits per heavy atom. The van der Waals surface area contributed by atoms with Crippen LogP contribution in [0.5, 0.6) is 0 Å². The molecular weight excluding hydrogens is 310 g/mol. The predicted octanol–water partition coefficient (Wildman–Crippen LogP) is 0.782. The number of carbonyl (C=O) groups excluding carboxylic acids is 2. The number of hydrogen-bond acceptors (Lipinski definition) is 4. The molecule has 3 rings (SSSR count). The highest BCUT2D eigenvalue weighted by Gasteiger charge is 2.33. The van der Waals surface area contributed by atoms with E-state index < -0.39 is 6.04 Å². The zero-order valence-electron chi connectivity index (χ0n) is 14.2. The summed E-state index contributed by atoms with van der Waals surface area (Å²) in [5.41, 5.74) is 0. The third-order valence-electron chi connectivity index (χ3n) is 4.79. The summed E-state index contributed by atoms with van der Waals surface area (Å²) in [6.45, 7) is 0.629. The Morgan fingerprint density at radius 2 is 2.12 bits per heavy atom. The van der Waals surface area contributed by atoms with Crippen molar-refractivity contribution >= 4 is 17.8 Å². The van der Waals surface area contributed by atoms with Gasteiger partial charge in [-0.25, -0.2) is 4.79 Å². The summed E-state index contributed by atoms with van der Waals surface area (Å²) in [6, 6.07) is 1.01. The summed E-state index contributed by atoms with van der Waals surface area (Å²) in [6.07, 6.45) is 6.24. The van der Waals surface area contributed by atoms with Crippen LogP contribution in [0.1, 0.15) is 32.1 Å². The molecule has 0 bridgehead atoms. The van der Waals surface area contributed by atoms with Crippen molar-refractivity contribution < 1.29 is 14.3 Å². The SMILES string of the molecule is CO[C@@H]1CCC[C@H]1NC(=O)N[C@H]1CCCN(c2ccn(C)n2)C1=O. The summed E-state index contributed by atoms with van der Waals surface area (Å²) in [7, 11) is 3.48. The number of rotatable bonds is 4. The van der Waals surface area contributed by atoms with Crippen LogP contribution < -0.4 is 15.5 Å². The quantitative estimate of drug-likeness (QED) is 0.851. The van der Waals surface area contributed by atoms with E-state index in [2.05, 4.69) is 15.7 Å². The van der Waals surface area contributed by atoms with Crippen LogP contribution in [0.15, 0.2) is 12.3 Å². The molecule has 1 aromatic heterocycles. The number of methoxy groups -OCH3 is 1. The molecule has 24 heavy (non-hydrogen) atoms. The van der Waals surface area contributed by atoms with Crippen LogP contribution in [0.4, 0.5) is 10.6 Å². The molecule has 1 aliphatic heterocycles. The molecule has 3 atom stereocenters. The summed E-state index contributed by atoms with van der Waals surface area (Å²) in [5, 5.41) is 10.0. The smallest absolute Gasteiger partial charge is 0.315 e. The van der Waals surface area contributed by atoms with Gasteiger partial charge in [-0.1, -0.05) is 0 Å². The minimum Gasteiger partial charge on any atom is -0.379 e. The number of piperidine rings is 1. The van der Waals surface area contributed by atoms with Crippen LogP contribution in [0.25, 0.3) is 0 Å². The van der Waals surface area contributed by atoms with E-state index in [9.17, 15) is 9.59 Å². The summed E-state index contributed by atoms with van der Waals surface area (Å²) in [4.78, 5) is 26.5. The molecule has 1 saturated carbocycles. The molecule has 8 heteroatoms. The standard InChI is InChI=1S/C16H25N5O3/c1-20-10-8-14(19-20)21-9-4-6-12(15(21)22)18-16(23)17-11-5-3-7-13(11)24-2/h8,10-13H,3-7,9H2,1-2H3,(H2,17,18,23)/t11-,12+,13-/m1/s1. The lowest BCUT2D eigenvalue weighted by molar-refractivity contribution is -0.121. The molecular formula is C16H25N5O3. The molecule has 1 aliphatic carbocycles. The normalized spacial score (nSPS) is 27.3. The fourth-order valence-electron chi connectivity index (χ4n) is 3.52. The van der Waals surface area contributed by atoms with Crippen molar-refractivity contribution in [3.05, 3.63) is 12.3 Å². The molecule has 132 valence electrons. The molecule has 2 fully saturated rings. The molecule has 2 heterocycles. The van der Waals surface area contributed by atoms with Gasteiger partial charge < -0.3 is 15.4 Å². The van der Waals surface area contributed by atoms with E-state index in [-0.39, 0.29) is 24.1 Å². The molecule has 2 aliphatic rings. The highest BCUT2D eigenvalue weighted by Crippen LogP contribution is 2.22. The first-order valence-corrected chi connectivity index (χ1v) is 8.49. The third kappa shape index (κ3) is 3.53. The van der Waals surface area contributed by atoms with Crippen molar-refractivity contribution in [1.82, 2.24) is 20.4 Å². The number of hydrogen-bond donors (Lipinski definition) is 2. The van der Waals surface area contributed by atoms with E-state index in [0.29, 0.717) is 18.8 Å². The zero-order valence-corrected chi connectivity index (χ0v) is 14.2. The maximum atomic E-state index is 12.6. The largest absolute Gasteiger partial charge is 0.379 e. The number of anilines is 1. The average molecular weight is 335 g/mol. The highest BCUT2D eigenvalue weighted by molar-refractivity contribution is 5.99. The first kappa shape index (κ1) is 16.8. The van der Waals surface area contributed by atoms with Crippen molar-refractivity contribution in [2.45, 2.75) is 50.3 Å². The maximum Gasteiger partial charge on any atom is 0.315 e. The Bertz CT molecular complexity index is 602. The number of aromatic nitrogens is 2. The zero-order chi connectivity index (χ0) is 17.1. The summed E-state index contributed by atoms with van der Waals surface area (Å²) >= 11 is 0. The fourth-order valence-corrected chi connectivity index (χ4v) is 3.52. The molecule has 0 radical (unpaired) electrons. The first-order valence-electron chi connectivity index (χ1n) is 8.49. The Balaban J connectivity index is 1.58. The second-order valence-corrected chi connectivity index (χ2v) is 6.46. The second-order valence-electron chi connectivity index (χ2n) is 6.46. The summed E-state index contributed by atoms with van der Waals surface area (Å²) < 4.78 is 7.05. The Kier molecular flexibility index (Phi) is 5.03. The molecule has 1 saturated heterocycles. The topological polar surface area (TPSA) is 88.5 Å². The summed E-state index contributed by atoms with van der Waals surface area (Å²) in [5.74, 6) is 0.523. The Morgan fingerprint density at radius 1 is 1.29 bits per heavy atom. The van der Waals surface area contributed by atoms with Crippen LogP contribution in [-0.4, -0.2) is 53.6 Å². The van der Waals surface area contributed by atoms with Gasteiger partial charge in [0.25, 0.3) is 5.91 Å². The Hall–Kier alpha value is -2.09. The van der Waals surface area contributed by atoms with E-state index in [0.717, 1.165) is 25.7 Å². The molecule has 2 N–H and O–H groups in total. The average Bonchev–Trinajstić information content (AvgIpc) is 3.18. The van der Waals surface area contributed by atoms with Gasteiger partial charge in [0.2, 0.25) is 0 Å². The van der Waals surface area contributed by atoms with Crippen molar-refractivity contribution in [2.75, 3.05) is 18.6 Å². The van der Waals surface area contributed by atoms with Gasteiger partial charge in [-0.2, -0.15) is 5.10 Å². The minimum atomic E-state index is -0.511. The highest BCUT2D eigenvalue weighted by atomic mass is 16.5. The number of carbonyl (C=O) groups is 2. The third-order valence-corrected chi connectivity index (χ3v) is 4.79. The van der Waals surface area contributed by atoms with Crippen molar-refractivity contribution in [2.24, 2.45) is 7.05 Å². The minimum absolute atomic E-state index is 0.0144. The lowest BCUT2D eigenvalue weighted by Crippen LogP contribution is -2.56. The fraction of sp³-hybridized carbons (Fsp3) is 0.688. The number of aryl methyl sites for hydroxylation is 1.